The van der Waals surface area contributed by atoms with Crippen LogP contribution in [-0.4, -0.2) is 23.2 Å². The normalized spacial score (nSPS) is 10.1. The predicted octanol–water partition coefficient (Wildman–Crippen LogP) is 2.27. The maximum absolute atomic E-state index is 11.8. The Morgan fingerprint density at radius 2 is 2.17 bits per heavy atom. The molecule has 0 fully saturated rings. The van der Waals surface area contributed by atoms with E-state index in [9.17, 15) is 4.79 Å². The van der Waals surface area contributed by atoms with Crippen LogP contribution in [0.1, 0.15) is 15.4 Å². The van der Waals surface area contributed by atoms with E-state index in [4.69, 9.17) is 0 Å². The fourth-order valence-corrected chi connectivity index (χ4v) is 2.71. The highest BCUT2D eigenvalue weighted by atomic mass is 79.9. The predicted molar refractivity (Wildman–Crippen MR) is 74.8 cm³/mol. The summed E-state index contributed by atoms with van der Waals surface area (Å²) in [5.41, 5.74) is 0.310. The van der Waals surface area contributed by atoms with Gasteiger partial charge in [-0.3, -0.25) is 4.79 Å². The summed E-state index contributed by atoms with van der Waals surface area (Å²) >= 11 is 4.96. The topological polar surface area (TPSA) is 66.9 Å². The van der Waals surface area contributed by atoms with Gasteiger partial charge in [-0.1, -0.05) is 0 Å². The standard InChI is InChI=1S/C11H11BrN4OS/c1-13-10-5-3-8(15-16-10)11(17)14-6-7-2-4-9(12)18-7/h2-5H,6H2,1H3,(H,13,16)(H,14,17). The van der Waals surface area contributed by atoms with Gasteiger partial charge in [-0.15, -0.1) is 21.5 Å². The summed E-state index contributed by atoms with van der Waals surface area (Å²) in [6.07, 6.45) is 0. The molecule has 1 amide bonds. The first-order chi connectivity index (χ1) is 8.69. The van der Waals surface area contributed by atoms with Crippen LogP contribution in [0.15, 0.2) is 28.1 Å². The summed E-state index contributed by atoms with van der Waals surface area (Å²) in [6.45, 7) is 0.491. The third kappa shape index (κ3) is 3.27. The van der Waals surface area contributed by atoms with Gasteiger partial charge in [-0.25, -0.2) is 0 Å². The number of hydrogen-bond donors (Lipinski definition) is 2. The number of halogens is 1. The molecule has 2 rings (SSSR count). The molecule has 0 bridgehead atoms. The summed E-state index contributed by atoms with van der Waals surface area (Å²) in [5, 5.41) is 13.3. The molecule has 0 aliphatic rings. The molecule has 2 aromatic heterocycles. The minimum atomic E-state index is -0.227. The van der Waals surface area contributed by atoms with Crippen molar-refractivity contribution in [2.45, 2.75) is 6.54 Å². The number of carbonyl (C=O) groups is 1. The van der Waals surface area contributed by atoms with Crippen molar-refractivity contribution in [1.82, 2.24) is 15.5 Å². The van der Waals surface area contributed by atoms with E-state index in [-0.39, 0.29) is 5.91 Å². The SMILES string of the molecule is CNc1ccc(C(=O)NCc2ccc(Br)s2)nn1. The molecular formula is C11H11BrN4OS. The summed E-state index contributed by atoms with van der Waals surface area (Å²) < 4.78 is 1.05. The van der Waals surface area contributed by atoms with Crippen LogP contribution >= 0.6 is 27.3 Å². The smallest absolute Gasteiger partial charge is 0.272 e. The van der Waals surface area contributed by atoms with Crippen molar-refractivity contribution in [1.29, 1.82) is 0 Å². The number of nitrogens with zero attached hydrogens (tertiary/aromatic N) is 2. The van der Waals surface area contributed by atoms with Crippen LogP contribution in [0.2, 0.25) is 0 Å². The average molecular weight is 327 g/mol. The number of hydrogen-bond acceptors (Lipinski definition) is 5. The van der Waals surface area contributed by atoms with Crippen LogP contribution in [0.25, 0.3) is 0 Å². The Balaban J connectivity index is 1.94. The van der Waals surface area contributed by atoms with Gasteiger partial charge in [0.05, 0.1) is 10.3 Å². The minimum absolute atomic E-state index is 0.227. The molecule has 0 unspecified atom stereocenters. The monoisotopic (exact) mass is 326 g/mol. The van der Waals surface area contributed by atoms with Crippen LogP contribution in [0.4, 0.5) is 5.82 Å². The van der Waals surface area contributed by atoms with E-state index in [1.807, 2.05) is 12.1 Å². The lowest BCUT2D eigenvalue weighted by Crippen LogP contribution is -2.23. The summed E-state index contributed by atoms with van der Waals surface area (Å²) in [5.74, 6) is 0.406. The van der Waals surface area contributed by atoms with Gasteiger partial charge in [-0.2, -0.15) is 0 Å². The van der Waals surface area contributed by atoms with Crippen molar-refractivity contribution < 1.29 is 4.79 Å². The zero-order chi connectivity index (χ0) is 13.0. The summed E-state index contributed by atoms with van der Waals surface area (Å²) in [7, 11) is 1.75. The van der Waals surface area contributed by atoms with Gasteiger partial charge in [0, 0.05) is 11.9 Å². The zero-order valence-electron chi connectivity index (χ0n) is 9.61. The summed E-state index contributed by atoms with van der Waals surface area (Å²) in [6, 6.07) is 7.26. The molecule has 2 N–H and O–H groups in total. The van der Waals surface area contributed by atoms with Gasteiger partial charge in [0.2, 0.25) is 0 Å². The second-order valence-electron chi connectivity index (χ2n) is 3.44. The number of anilines is 1. The third-order valence-corrected chi connectivity index (χ3v) is 3.83. The largest absolute Gasteiger partial charge is 0.372 e. The van der Waals surface area contributed by atoms with E-state index >= 15 is 0 Å². The Kier molecular flexibility index (Phi) is 4.27. The lowest BCUT2D eigenvalue weighted by Gasteiger charge is -2.03. The number of thiophene rings is 1. The van der Waals surface area contributed by atoms with Crippen LogP contribution < -0.4 is 10.6 Å². The highest BCUT2D eigenvalue weighted by Gasteiger charge is 2.08. The fraction of sp³-hybridized carbons (Fsp3) is 0.182. The molecule has 18 heavy (non-hydrogen) atoms. The fourth-order valence-electron chi connectivity index (χ4n) is 1.29. The average Bonchev–Trinajstić information content (AvgIpc) is 2.82. The molecule has 0 aliphatic carbocycles. The minimum Gasteiger partial charge on any atom is -0.372 e. The number of amides is 1. The number of carbonyl (C=O) groups excluding carboxylic acids is 1. The molecular weight excluding hydrogens is 316 g/mol. The molecule has 7 heteroatoms. The van der Waals surface area contributed by atoms with E-state index < -0.39 is 0 Å². The molecule has 0 saturated carbocycles. The lowest BCUT2D eigenvalue weighted by atomic mass is 10.3. The molecule has 2 heterocycles. The molecule has 2 aromatic rings. The Bertz CT molecular complexity index is 540. The van der Waals surface area contributed by atoms with Gasteiger partial charge in [0.25, 0.3) is 5.91 Å². The van der Waals surface area contributed by atoms with Crippen molar-refractivity contribution in [3.05, 3.63) is 38.6 Å². The molecule has 0 atom stereocenters. The van der Waals surface area contributed by atoms with E-state index in [0.717, 1.165) is 8.66 Å². The number of nitrogens with one attached hydrogen (secondary N) is 2. The molecule has 0 aliphatic heterocycles. The first-order valence-electron chi connectivity index (χ1n) is 5.23. The van der Waals surface area contributed by atoms with Crippen molar-refractivity contribution in [3.63, 3.8) is 0 Å². The molecule has 0 radical (unpaired) electrons. The second kappa shape index (κ2) is 5.92. The van der Waals surface area contributed by atoms with Crippen LogP contribution in [-0.2, 0) is 6.54 Å². The molecule has 94 valence electrons. The molecule has 0 saturated heterocycles. The van der Waals surface area contributed by atoms with E-state index in [2.05, 4.69) is 36.8 Å². The van der Waals surface area contributed by atoms with Gasteiger partial charge in [-0.05, 0) is 40.2 Å². The Morgan fingerprint density at radius 3 is 2.72 bits per heavy atom. The maximum atomic E-state index is 11.8. The third-order valence-electron chi connectivity index (χ3n) is 2.21. The van der Waals surface area contributed by atoms with Crippen LogP contribution in [0, 0.1) is 0 Å². The van der Waals surface area contributed by atoms with Crippen molar-refractivity contribution in [3.8, 4) is 0 Å². The van der Waals surface area contributed by atoms with Gasteiger partial charge in [0.1, 0.15) is 5.82 Å². The highest BCUT2D eigenvalue weighted by Crippen LogP contribution is 2.21. The molecule has 5 nitrogen and oxygen atoms in total. The Hall–Kier alpha value is -1.47. The van der Waals surface area contributed by atoms with E-state index in [0.29, 0.717) is 18.1 Å². The lowest BCUT2D eigenvalue weighted by molar-refractivity contribution is 0.0945. The molecule has 0 spiro atoms. The van der Waals surface area contributed by atoms with Gasteiger partial charge in [0.15, 0.2) is 5.69 Å². The van der Waals surface area contributed by atoms with Crippen LogP contribution in [0.5, 0.6) is 0 Å². The highest BCUT2D eigenvalue weighted by molar-refractivity contribution is 9.11. The second-order valence-corrected chi connectivity index (χ2v) is 5.99. The van der Waals surface area contributed by atoms with Crippen LogP contribution in [0.3, 0.4) is 0 Å². The quantitative estimate of drug-likeness (QED) is 0.904. The number of rotatable bonds is 4. The maximum Gasteiger partial charge on any atom is 0.272 e. The first kappa shape index (κ1) is 13.0. The van der Waals surface area contributed by atoms with Crippen molar-refractivity contribution in [2.75, 3.05) is 12.4 Å². The van der Waals surface area contributed by atoms with Gasteiger partial charge < -0.3 is 10.6 Å². The Morgan fingerprint density at radius 1 is 1.33 bits per heavy atom. The first-order valence-corrected chi connectivity index (χ1v) is 6.84. The number of aromatic nitrogens is 2. The summed E-state index contributed by atoms with van der Waals surface area (Å²) in [4.78, 5) is 12.9. The zero-order valence-corrected chi connectivity index (χ0v) is 12.0. The van der Waals surface area contributed by atoms with E-state index in [1.54, 1.807) is 30.5 Å². The van der Waals surface area contributed by atoms with Crippen molar-refractivity contribution in [2.24, 2.45) is 0 Å². The van der Waals surface area contributed by atoms with E-state index in [1.165, 1.54) is 0 Å². The van der Waals surface area contributed by atoms with Crippen molar-refractivity contribution >= 4 is 39.0 Å². The molecule has 0 aromatic carbocycles. The van der Waals surface area contributed by atoms with Gasteiger partial charge >= 0.3 is 0 Å². The Labute approximate surface area is 117 Å².